The lowest BCUT2D eigenvalue weighted by Crippen LogP contribution is -2.65. The second-order valence-electron chi connectivity index (χ2n) is 3.31. The van der Waals surface area contributed by atoms with Gasteiger partial charge in [0.05, 0.1) is 7.59 Å². The quantitative estimate of drug-likeness (QED) is 0.538. The molecule has 0 amide bonds. The van der Waals surface area contributed by atoms with Gasteiger partial charge >= 0.3 is 0 Å². The van der Waals surface area contributed by atoms with Gasteiger partial charge < -0.3 is 0 Å². The van der Waals surface area contributed by atoms with E-state index in [1.807, 2.05) is 0 Å². The molecular formula is C5H12Cl3Si3. The molecule has 0 saturated carbocycles. The van der Waals surface area contributed by atoms with Gasteiger partial charge in [0.1, 0.15) is 0 Å². The molecule has 3 radical (unpaired) electrons. The van der Waals surface area contributed by atoms with E-state index in [-0.39, 0.29) is 0 Å². The van der Waals surface area contributed by atoms with Crippen LogP contribution in [0.4, 0.5) is 0 Å². The zero-order valence-corrected chi connectivity index (χ0v) is 12.0. The maximum atomic E-state index is 5.91. The molecule has 0 aliphatic carbocycles. The van der Waals surface area contributed by atoms with Gasteiger partial charge in [0.15, 0.2) is 0 Å². The molecule has 65 valence electrons. The molecule has 0 fully saturated rings. The van der Waals surface area contributed by atoms with Crippen molar-refractivity contribution in [2.45, 2.75) is 13.1 Å². The number of halogens is 3. The van der Waals surface area contributed by atoms with Gasteiger partial charge in [0, 0.05) is 33.4 Å². The fourth-order valence-corrected chi connectivity index (χ4v) is 21.8. The topological polar surface area (TPSA) is 0 Å². The molecule has 0 saturated heterocycles. The largest absolute Gasteiger partial charge is 0.130 e. The maximum absolute atomic E-state index is 5.91. The Kier molecular flexibility index (Phi) is 5.32. The van der Waals surface area contributed by atoms with Crippen molar-refractivity contribution in [1.82, 2.24) is 0 Å². The second-order valence-corrected chi connectivity index (χ2v) is 24.5. The lowest BCUT2D eigenvalue weighted by molar-refractivity contribution is 1.67. The average molecular weight is 263 g/mol. The molecule has 0 N–H and O–H groups in total. The van der Waals surface area contributed by atoms with E-state index < -0.39 is 14.7 Å². The third kappa shape index (κ3) is 2.74. The zero-order chi connectivity index (χ0) is 9.12. The van der Waals surface area contributed by atoms with E-state index in [1.165, 1.54) is 0 Å². The molecule has 0 aromatic carbocycles. The van der Waals surface area contributed by atoms with Crippen molar-refractivity contribution in [3.8, 4) is 0 Å². The first kappa shape index (κ1) is 12.5. The molecule has 0 bridgehead atoms. The molecule has 0 aromatic rings. The number of hydrogen-bond donors (Lipinski definition) is 0. The number of hydrogen-bond acceptors (Lipinski definition) is 0. The minimum absolute atomic E-state index is 0.669. The van der Waals surface area contributed by atoms with Crippen LogP contribution in [0.15, 0.2) is 0 Å². The fourth-order valence-electron chi connectivity index (χ4n) is 0.608. The summed E-state index contributed by atoms with van der Waals surface area (Å²) in [6.45, 7) is 4.45. The van der Waals surface area contributed by atoms with E-state index in [1.54, 1.807) is 0 Å². The summed E-state index contributed by atoms with van der Waals surface area (Å²) in [7, 11) is 0.824. The Morgan fingerprint density at radius 2 is 1.27 bits per heavy atom. The first-order chi connectivity index (χ1) is 4.93. The molecule has 11 heavy (non-hydrogen) atoms. The maximum Gasteiger partial charge on any atom is 0.0924 e. The molecule has 0 atom stereocenters. The van der Waals surface area contributed by atoms with E-state index in [0.29, 0.717) is 16.5 Å². The van der Waals surface area contributed by atoms with Crippen molar-refractivity contribution in [2.24, 2.45) is 0 Å². The highest BCUT2D eigenvalue weighted by atomic mass is 35.5. The predicted octanol–water partition coefficient (Wildman–Crippen LogP) is 2.22. The highest BCUT2D eigenvalue weighted by molar-refractivity contribution is 7.59. The highest BCUT2D eigenvalue weighted by Crippen LogP contribution is 2.20. The predicted molar refractivity (Wildman–Crippen MR) is 61.2 cm³/mol. The Hall–Kier alpha value is 1.52. The van der Waals surface area contributed by atoms with Gasteiger partial charge in [-0.05, 0) is 0 Å². The summed E-state index contributed by atoms with van der Waals surface area (Å²) in [5, 5.41) is 0. The number of alkyl halides is 3. The molecule has 0 aliphatic rings. The normalized spacial score (nSPS) is 13.6. The summed E-state index contributed by atoms with van der Waals surface area (Å²) in [5.74, 6) is 0. The third-order valence-electron chi connectivity index (χ3n) is 2.09. The summed E-state index contributed by atoms with van der Waals surface area (Å²) in [4.78, 5) is 0. The van der Waals surface area contributed by atoms with E-state index in [4.69, 9.17) is 34.8 Å². The van der Waals surface area contributed by atoms with Crippen molar-refractivity contribution in [2.75, 3.05) is 16.5 Å². The fraction of sp³-hybridized carbons (Fsp3) is 1.00. The summed E-state index contributed by atoms with van der Waals surface area (Å²) in [6, 6.07) is 0. The standard InChI is InChI=1S/C5H12Cl3Si3/c1-10(2,9)11(3-6,4-7)5-8/h3-5H2,1-2H3. The van der Waals surface area contributed by atoms with Crippen molar-refractivity contribution < 1.29 is 0 Å². The van der Waals surface area contributed by atoms with Crippen LogP contribution in [0, 0.1) is 0 Å². The molecule has 0 heterocycles. The minimum atomic E-state index is -1.57. The Morgan fingerprint density at radius 1 is 1.00 bits per heavy atom. The van der Waals surface area contributed by atoms with E-state index in [9.17, 15) is 0 Å². The van der Waals surface area contributed by atoms with Crippen molar-refractivity contribution >= 4 is 59.3 Å². The lowest BCUT2D eigenvalue weighted by Gasteiger charge is -2.36. The van der Waals surface area contributed by atoms with Gasteiger partial charge in [-0.3, -0.25) is 0 Å². The van der Waals surface area contributed by atoms with E-state index >= 15 is 0 Å². The Bertz CT molecular complexity index is 110. The molecule has 6 heteroatoms. The summed E-state index contributed by atoms with van der Waals surface area (Å²) >= 11 is 17.7. The first-order valence-corrected chi connectivity index (χ1v) is 13.1. The van der Waals surface area contributed by atoms with Crippen LogP contribution < -0.4 is 0 Å². The first-order valence-electron chi connectivity index (χ1n) is 3.36. The van der Waals surface area contributed by atoms with Crippen molar-refractivity contribution in [3.05, 3.63) is 0 Å². The molecule has 0 aliphatic heterocycles. The molecule has 0 aromatic heterocycles. The van der Waals surface area contributed by atoms with Gasteiger partial charge in [-0.1, -0.05) is 13.1 Å². The van der Waals surface area contributed by atoms with Crippen LogP contribution in [0.1, 0.15) is 0 Å². The van der Waals surface area contributed by atoms with Crippen LogP contribution in [-0.4, -0.2) is 41.0 Å². The van der Waals surface area contributed by atoms with Gasteiger partial charge in [0.2, 0.25) is 0 Å². The van der Waals surface area contributed by atoms with Crippen LogP contribution in [0.2, 0.25) is 13.1 Å². The lowest BCUT2D eigenvalue weighted by atomic mass is 11.8. The average Bonchev–Trinajstić information content (AvgIpc) is 1.90. The third-order valence-corrected chi connectivity index (χ3v) is 27.2. The SMILES string of the molecule is C[Si](C)([Si])[Si](CCl)(CCl)CCl. The smallest absolute Gasteiger partial charge is 0.0924 e. The monoisotopic (exact) mass is 261 g/mol. The Morgan fingerprint density at radius 3 is 1.27 bits per heavy atom. The van der Waals surface area contributed by atoms with E-state index in [0.717, 1.165) is 0 Å². The van der Waals surface area contributed by atoms with Crippen LogP contribution in [0.3, 0.4) is 0 Å². The van der Waals surface area contributed by atoms with Gasteiger partial charge in [0.25, 0.3) is 0 Å². The van der Waals surface area contributed by atoms with Gasteiger partial charge in [-0.2, -0.15) is 0 Å². The van der Waals surface area contributed by atoms with Crippen LogP contribution in [-0.2, 0) is 0 Å². The van der Waals surface area contributed by atoms with Gasteiger partial charge in [-0.25, -0.2) is 0 Å². The second kappa shape index (κ2) is 4.67. The molecular weight excluding hydrogens is 251 g/mol. The van der Waals surface area contributed by atoms with Crippen LogP contribution in [0.25, 0.3) is 0 Å². The molecule has 0 unspecified atom stereocenters. The Labute approximate surface area is 88.6 Å². The van der Waals surface area contributed by atoms with Crippen molar-refractivity contribution in [1.29, 1.82) is 0 Å². The van der Waals surface area contributed by atoms with Gasteiger partial charge in [-0.15, -0.1) is 34.8 Å². The van der Waals surface area contributed by atoms with Crippen molar-refractivity contribution in [3.63, 3.8) is 0 Å². The van der Waals surface area contributed by atoms with Crippen LogP contribution >= 0.6 is 34.8 Å². The zero-order valence-electron chi connectivity index (χ0n) is 6.76. The summed E-state index contributed by atoms with van der Waals surface area (Å²) in [6.07, 6.45) is 0. The summed E-state index contributed by atoms with van der Waals surface area (Å²) in [5.41, 5.74) is 2.01. The molecule has 0 nitrogen and oxygen atoms in total. The highest BCUT2D eigenvalue weighted by Gasteiger charge is 2.43. The molecule has 0 rings (SSSR count). The van der Waals surface area contributed by atoms with Crippen LogP contribution in [0.5, 0.6) is 0 Å². The summed E-state index contributed by atoms with van der Waals surface area (Å²) < 4.78 is 0. The Balaban J connectivity index is 4.54. The minimum Gasteiger partial charge on any atom is -0.130 e. The van der Waals surface area contributed by atoms with E-state index in [2.05, 4.69) is 22.9 Å². The number of rotatable bonds is 4. The molecule has 0 spiro atoms.